The summed E-state index contributed by atoms with van der Waals surface area (Å²) in [7, 11) is 0. The topological polar surface area (TPSA) is 136 Å². The number of hydrogen-bond donors (Lipinski definition) is 2. The second kappa shape index (κ2) is 10.8. The molecule has 1 amide bonds. The lowest BCUT2D eigenvalue weighted by molar-refractivity contribution is -0.138. The Morgan fingerprint density at radius 3 is 2.27 bits per heavy atom. The molecule has 0 radical (unpaired) electrons. The smallest absolute Gasteiger partial charge is 0.305 e. The zero-order valence-corrected chi connectivity index (χ0v) is 14.0. The maximum absolute atomic E-state index is 12.0. The van der Waals surface area contributed by atoms with Crippen LogP contribution in [0.3, 0.4) is 0 Å². The highest BCUT2D eigenvalue weighted by molar-refractivity contribution is 5.94. The number of ether oxygens (including phenoxy) is 2. The van der Waals surface area contributed by atoms with Gasteiger partial charge < -0.3 is 19.9 Å². The van der Waals surface area contributed by atoms with Crippen LogP contribution in [-0.2, 0) is 14.3 Å². The van der Waals surface area contributed by atoms with E-state index >= 15 is 0 Å². The highest BCUT2D eigenvalue weighted by Crippen LogP contribution is 2.13. The number of carbonyl (C=O) groups is 2. The standard InChI is InChI=1S/C16H19N5O5/c22-14(23)5-7-25-9-10-26-8-6-17-16(24)13-3-1-12(2-4-13)15-20-18-11-19-21-15/h1-4,11H,5-10H2,(H,17,24)(H,22,23). The molecule has 0 saturated carbocycles. The van der Waals surface area contributed by atoms with Gasteiger partial charge in [0.25, 0.3) is 5.91 Å². The molecule has 0 aliphatic carbocycles. The van der Waals surface area contributed by atoms with Gasteiger partial charge in [0.1, 0.15) is 0 Å². The molecule has 0 aliphatic rings. The van der Waals surface area contributed by atoms with Crippen molar-refractivity contribution in [2.45, 2.75) is 6.42 Å². The Kier molecular flexibility index (Phi) is 8.03. The molecule has 0 saturated heterocycles. The first-order valence-corrected chi connectivity index (χ1v) is 7.93. The van der Waals surface area contributed by atoms with Gasteiger partial charge in [0, 0.05) is 17.7 Å². The zero-order chi connectivity index (χ0) is 18.6. The van der Waals surface area contributed by atoms with E-state index in [2.05, 4.69) is 25.7 Å². The fourth-order valence-electron chi connectivity index (χ4n) is 1.91. The lowest BCUT2D eigenvalue weighted by Crippen LogP contribution is -2.27. The Hall–Kier alpha value is -2.98. The van der Waals surface area contributed by atoms with Gasteiger partial charge in [-0.15, -0.1) is 20.4 Å². The second-order valence-electron chi connectivity index (χ2n) is 5.07. The maximum Gasteiger partial charge on any atom is 0.305 e. The Balaban J connectivity index is 1.62. The van der Waals surface area contributed by atoms with Crippen molar-refractivity contribution in [2.24, 2.45) is 0 Å². The largest absolute Gasteiger partial charge is 0.481 e. The molecule has 0 spiro atoms. The summed E-state index contributed by atoms with van der Waals surface area (Å²) >= 11 is 0. The van der Waals surface area contributed by atoms with Crippen molar-refractivity contribution in [3.05, 3.63) is 36.2 Å². The van der Waals surface area contributed by atoms with Gasteiger partial charge in [-0.05, 0) is 12.1 Å². The fourth-order valence-corrected chi connectivity index (χ4v) is 1.91. The van der Waals surface area contributed by atoms with Crippen LogP contribution in [0.2, 0.25) is 0 Å². The Morgan fingerprint density at radius 2 is 1.62 bits per heavy atom. The van der Waals surface area contributed by atoms with Crippen molar-refractivity contribution in [3.63, 3.8) is 0 Å². The van der Waals surface area contributed by atoms with E-state index in [9.17, 15) is 9.59 Å². The second-order valence-corrected chi connectivity index (χ2v) is 5.07. The third-order valence-electron chi connectivity index (χ3n) is 3.18. The summed E-state index contributed by atoms with van der Waals surface area (Å²) in [6.07, 6.45) is 1.22. The number of carbonyl (C=O) groups excluding carboxylic acids is 1. The molecule has 0 unspecified atom stereocenters. The lowest BCUT2D eigenvalue weighted by Gasteiger charge is -2.07. The molecule has 1 aromatic carbocycles. The Labute approximate surface area is 149 Å². The predicted molar refractivity (Wildman–Crippen MR) is 89.3 cm³/mol. The fraction of sp³-hybridized carbons (Fsp3) is 0.375. The average Bonchev–Trinajstić information content (AvgIpc) is 2.67. The summed E-state index contributed by atoms with van der Waals surface area (Å²) < 4.78 is 10.4. The molecule has 2 N–H and O–H groups in total. The van der Waals surface area contributed by atoms with E-state index in [-0.39, 0.29) is 18.9 Å². The molecular weight excluding hydrogens is 342 g/mol. The number of amides is 1. The first-order valence-electron chi connectivity index (χ1n) is 7.93. The molecule has 10 heteroatoms. The number of carboxylic acid groups (broad SMARTS) is 1. The molecule has 1 heterocycles. The van der Waals surface area contributed by atoms with Crippen LogP contribution in [0.5, 0.6) is 0 Å². The summed E-state index contributed by atoms with van der Waals surface area (Å²) in [5, 5.41) is 26.2. The van der Waals surface area contributed by atoms with Gasteiger partial charge in [0.05, 0.1) is 32.8 Å². The van der Waals surface area contributed by atoms with Crippen molar-refractivity contribution in [3.8, 4) is 11.4 Å². The molecule has 138 valence electrons. The highest BCUT2D eigenvalue weighted by Gasteiger charge is 2.07. The van der Waals surface area contributed by atoms with Crippen molar-refractivity contribution >= 4 is 11.9 Å². The molecule has 2 aromatic rings. The van der Waals surface area contributed by atoms with Gasteiger partial charge in [0.2, 0.25) is 5.82 Å². The van der Waals surface area contributed by atoms with E-state index in [0.29, 0.717) is 43.3 Å². The van der Waals surface area contributed by atoms with E-state index in [1.807, 2.05) is 0 Å². The Bertz CT molecular complexity index is 696. The van der Waals surface area contributed by atoms with Crippen molar-refractivity contribution in [2.75, 3.05) is 33.0 Å². The summed E-state index contributed by atoms with van der Waals surface area (Å²) in [6, 6.07) is 6.77. The van der Waals surface area contributed by atoms with E-state index in [1.54, 1.807) is 24.3 Å². The average molecular weight is 361 g/mol. The predicted octanol–water partition coefficient (Wildman–Crippen LogP) is 0.171. The summed E-state index contributed by atoms with van der Waals surface area (Å²) in [6.45, 7) is 1.50. The third-order valence-corrected chi connectivity index (χ3v) is 3.18. The quantitative estimate of drug-likeness (QED) is 0.537. The van der Waals surface area contributed by atoms with Crippen LogP contribution in [-0.4, -0.2) is 70.4 Å². The van der Waals surface area contributed by atoms with Crippen LogP contribution in [0.15, 0.2) is 30.6 Å². The first-order chi connectivity index (χ1) is 12.7. The minimum atomic E-state index is -0.897. The molecule has 26 heavy (non-hydrogen) atoms. The van der Waals surface area contributed by atoms with Crippen LogP contribution in [0, 0.1) is 0 Å². The zero-order valence-electron chi connectivity index (χ0n) is 14.0. The lowest BCUT2D eigenvalue weighted by atomic mass is 10.1. The number of nitrogens with one attached hydrogen (secondary N) is 1. The number of benzene rings is 1. The molecule has 0 fully saturated rings. The van der Waals surface area contributed by atoms with E-state index in [1.165, 1.54) is 6.33 Å². The van der Waals surface area contributed by atoms with Crippen molar-refractivity contribution < 1.29 is 24.2 Å². The number of carboxylic acids is 1. The molecule has 10 nitrogen and oxygen atoms in total. The number of rotatable bonds is 11. The van der Waals surface area contributed by atoms with Gasteiger partial charge >= 0.3 is 5.97 Å². The van der Waals surface area contributed by atoms with E-state index in [0.717, 1.165) is 0 Å². The molecule has 0 bridgehead atoms. The van der Waals surface area contributed by atoms with Crippen LogP contribution in [0.25, 0.3) is 11.4 Å². The SMILES string of the molecule is O=C(O)CCOCCOCCNC(=O)c1ccc(-c2nncnn2)cc1. The van der Waals surface area contributed by atoms with Gasteiger partial charge in [0.15, 0.2) is 6.33 Å². The van der Waals surface area contributed by atoms with E-state index in [4.69, 9.17) is 14.6 Å². The Morgan fingerprint density at radius 1 is 0.962 bits per heavy atom. The number of hydrogen-bond acceptors (Lipinski definition) is 8. The maximum atomic E-state index is 12.0. The van der Waals surface area contributed by atoms with Crippen LogP contribution in [0.1, 0.15) is 16.8 Å². The summed E-state index contributed by atoms with van der Waals surface area (Å²) in [5.41, 5.74) is 1.22. The van der Waals surface area contributed by atoms with Crippen LogP contribution >= 0.6 is 0 Å². The summed E-state index contributed by atoms with van der Waals surface area (Å²) in [4.78, 5) is 22.3. The van der Waals surface area contributed by atoms with Crippen molar-refractivity contribution in [1.82, 2.24) is 25.7 Å². The molecular formula is C16H19N5O5. The van der Waals surface area contributed by atoms with Gasteiger partial charge in [-0.2, -0.15) is 0 Å². The molecule has 0 atom stereocenters. The number of nitrogens with zero attached hydrogens (tertiary/aromatic N) is 4. The minimum Gasteiger partial charge on any atom is -0.481 e. The van der Waals surface area contributed by atoms with Crippen LogP contribution in [0.4, 0.5) is 0 Å². The molecule has 0 aliphatic heterocycles. The van der Waals surface area contributed by atoms with Crippen LogP contribution < -0.4 is 5.32 Å². The molecule has 2 rings (SSSR count). The van der Waals surface area contributed by atoms with Gasteiger partial charge in [-0.1, -0.05) is 12.1 Å². The van der Waals surface area contributed by atoms with E-state index < -0.39 is 5.97 Å². The first kappa shape index (κ1) is 19.3. The summed E-state index contributed by atoms with van der Waals surface area (Å²) in [5.74, 6) is -0.729. The molecule has 1 aromatic heterocycles. The third kappa shape index (κ3) is 6.87. The van der Waals surface area contributed by atoms with Crippen molar-refractivity contribution in [1.29, 1.82) is 0 Å². The monoisotopic (exact) mass is 361 g/mol. The van der Waals surface area contributed by atoms with Gasteiger partial charge in [-0.3, -0.25) is 9.59 Å². The normalized spacial score (nSPS) is 10.5. The number of aliphatic carboxylic acids is 1. The van der Waals surface area contributed by atoms with Gasteiger partial charge in [-0.25, -0.2) is 0 Å². The highest BCUT2D eigenvalue weighted by atomic mass is 16.5. The number of aromatic nitrogens is 4. The minimum absolute atomic E-state index is 0.0295.